The van der Waals surface area contributed by atoms with E-state index in [1.54, 1.807) is 17.0 Å². The number of benzene rings is 1. The lowest BCUT2D eigenvalue weighted by atomic mass is 10.2. The van der Waals surface area contributed by atoms with Gasteiger partial charge in [-0.2, -0.15) is 4.72 Å². The van der Waals surface area contributed by atoms with Gasteiger partial charge in [0.15, 0.2) is 6.17 Å². The first-order valence-electron chi connectivity index (χ1n) is 7.06. The maximum absolute atomic E-state index is 12.6. The summed E-state index contributed by atoms with van der Waals surface area (Å²) in [6.45, 7) is 2.05. The molecule has 3 rings (SSSR count). The van der Waals surface area contributed by atoms with Crippen molar-refractivity contribution in [1.29, 1.82) is 0 Å². The molecule has 1 aromatic carbocycles. The van der Waals surface area contributed by atoms with E-state index in [-0.39, 0.29) is 23.4 Å². The van der Waals surface area contributed by atoms with E-state index in [0.29, 0.717) is 5.69 Å². The van der Waals surface area contributed by atoms with E-state index in [0.717, 1.165) is 18.4 Å². The number of anilines is 1. The zero-order chi connectivity index (χ0) is 15.9. The molecule has 0 spiro atoms. The molecule has 0 radical (unpaired) electrons. The standard InChI is InChI=1S/C15H17N3O3S/c1-3-8-18(11-5-6-11)15(19)14-16-12-9-10(2)4-7-13(12)22(20,21)17-14/h1,4,7,9,11,14,16-17H,5-6,8H2,2H3. The fourth-order valence-electron chi connectivity index (χ4n) is 2.54. The molecule has 0 aromatic heterocycles. The summed E-state index contributed by atoms with van der Waals surface area (Å²) in [5.74, 6) is 2.12. The van der Waals surface area contributed by atoms with Crippen LogP contribution in [-0.2, 0) is 14.8 Å². The van der Waals surface area contributed by atoms with Crippen LogP contribution >= 0.6 is 0 Å². The second-order valence-electron chi connectivity index (χ2n) is 5.60. The summed E-state index contributed by atoms with van der Waals surface area (Å²) in [5, 5.41) is 2.96. The molecule has 1 aliphatic heterocycles. The second-order valence-corrected chi connectivity index (χ2v) is 7.28. The Balaban J connectivity index is 1.91. The number of sulfonamides is 1. The van der Waals surface area contributed by atoms with Crippen LogP contribution in [0.1, 0.15) is 18.4 Å². The average Bonchev–Trinajstić information content (AvgIpc) is 3.27. The van der Waals surface area contributed by atoms with Gasteiger partial charge in [0.25, 0.3) is 5.91 Å². The van der Waals surface area contributed by atoms with E-state index in [9.17, 15) is 13.2 Å². The summed E-state index contributed by atoms with van der Waals surface area (Å²) in [6.07, 6.45) is 6.10. The van der Waals surface area contributed by atoms with Crippen LogP contribution < -0.4 is 10.0 Å². The highest BCUT2D eigenvalue weighted by molar-refractivity contribution is 7.89. The summed E-state index contributed by atoms with van der Waals surface area (Å²) >= 11 is 0. The summed E-state index contributed by atoms with van der Waals surface area (Å²) in [6, 6.07) is 5.09. The minimum Gasteiger partial charge on any atom is -0.360 e. The Labute approximate surface area is 129 Å². The molecule has 1 unspecified atom stereocenters. The number of rotatable bonds is 3. The van der Waals surface area contributed by atoms with Crippen molar-refractivity contribution in [3.8, 4) is 12.3 Å². The summed E-state index contributed by atoms with van der Waals surface area (Å²) in [7, 11) is -3.72. The van der Waals surface area contributed by atoms with E-state index in [2.05, 4.69) is 16.0 Å². The van der Waals surface area contributed by atoms with Crippen LogP contribution in [0.15, 0.2) is 23.1 Å². The number of carbonyl (C=O) groups is 1. The van der Waals surface area contributed by atoms with Crippen LogP contribution in [0.25, 0.3) is 0 Å². The normalized spacial score (nSPS) is 22.1. The van der Waals surface area contributed by atoms with E-state index in [4.69, 9.17) is 6.42 Å². The zero-order valence-corrected chi connectivity index (χ0v) is 13.0. The molecule has 1 saturated carbocycles. The number of fused-ring (bicyclic) bond motifs is 1. The number of nitrogens with one attached hydrogen (secondary N) is 2. The van der Waals surface area contributed by atoms with Crippen molar-refractivity contribution in [2.45, 2.75) is 36.9 Å². The summed E-state index contributed by atoms with van der Waals surface area (Å²) in [4.78, 5) is 14.3. The van der Waals surface area contributed by atoms with Gasteiger partial charge in [-0.15, -0.1) is 6.42 Å². The molecule has 1 aliphatic carbocycles. The number of nitrogens with zero attached hydrogens (tertiary/aromatic N) is 1. The van der Waals surface area contributed by atoms with Crippen LogP contribution in [0, 0.1) is 19.3 Å². The van der Waals surface area contributed by atoms with Crippen LogP contribution in [0.3, 0.4) is 0 Å². The Hall–Kier alpha value is -2.04. The summed E-state index contributed by atoms with van der Waals surface area (Å²) in [5.41, 5.74) is 1.35. The fourth-order valence-corrected chi connectivity index (χ4v) is 3.80. The average molecular weight is 319 g/mol. The molecule has 1 heterocycles. The molecule has 6 nitrogen and oxygen atoms in total. The number of terminal acetylenes is 1. The number of aryl methyl sites for hydroxylation is 1. The van der Waals surface area contributed by atoms with E-state index < -0.39 is 16.2 Å². The van der Waals surface area contributed by atoms with Crippen molar-refractivity contribution in [3.05, 3.63) is 23.8 Å². The lowest BCUT2D eigenvalue weighted by molar-refractivity contribution is -0.132. The molecule has 2 N–H and O–H groups in total. The molecule has 116 valence electrons. The lowest BCUT2D eigenvalue weighted by Crippen LogP contribution is -2.55. The van der Waals surface area contributed by atoms with Crippen LogP contribution in [-0.4, -0.2) is 38.0 Å². The van der Waals surface area contributed by atoms with Gasteiger partial charge in [0.2, 0.25) is 10.0 Å². The first-order valence-corrected chi connectivity index (χ1v) is 8.54. The smallest absolute Gasteiger partial charge is 0.262 e. The Kier molecular flexibility index (Phi) is 3.59. The van der Waals surface area contributed by atoms with Crippen molar-refractivity contribution < 1.29 is 13.2 Å². The van der Waals surface area contributed by atoms with Gasteiger partial charge >= 0.3 is 0 Å². The third-order valence-electron chi connectivity index (χ3n) is 3.78. The molecule has 1 fully saturated rings. The monoisotopic (exact) mass is 319 g/mol. The van der Waals surface area contributed by atoms with Gasteiger partial charge in [-0.05, 0) is 37.5 Å². The molecule has 2 aliphatic rings. The maximum Gasteiger partial charge on any atom is 0.262 e. The fraction of sp³-hybridized carbons (Fsp3) is 0.400. The molecular formula is C15H17N3O3S. The highest BCUT2D eigenvalue weighted by atomic mass is 32.2. The van der Waals surface area contributed by atoms with Gasteiger partial charge in [-0.1, -0.05) is 12.0 Å². The van der Waals surface area contributed by atoms with Crippen molar-refractivity contribution in [3.63, 3.8) is 0 Å². The van der Waals surface area contributed by atoms with Gasteiger partial charge in [0, 0.05) is 6.04 Å². The highest BCUT2D eigenvalue weighted by Gasteiger charge is 2.39. The number of hydrogen-bond acceptors (Lipinski definition) is 4. The van der Waals surface area contributed by atoms with Crippen LogP contribution in [0.5, 0.6) is 0 Å². The highest BCUT2D eigenvalue weighted by Crippen LogP contribution is 2.30. The Morgan fingerprint density at radius 1 is 1.45 bits per heavy atom. The van der Waals surface area contributed by atoms with Gasteiger partial charge in [-0.3, -0.25) is 4.79 Å². The molecule has 0 saturated heterocycles. The first kappa shape index (κ1) is 14.9. The molecule has 0 bridgehead atoms. The Morgan fingerprint density at radius 3 is 2.82 bits per heavy atom. The molecular weight excluding hydrogens is 302 g/mol. The van der Waals surface area contributed by atoms with Crippen LogP contribution in [0.4, 0.5) is 5.69 Å². The largest absolute Gasteiger partial charge is 0.360 e. The molecule has 22 heavy (non-hydrogen) atoms. The van der Waals surface area contributed by atoms with Gasteiger partial charge in [-0.25, -0.2) is 8.42 Å². The van der Waals surface area contributed by atoms with Crippen LogP contribution in [0.2, 0.25) is 0 Å². The Bertz CT molecular complexity index is 763. The number of carbonyl (C=O) groups excluding carboxylic acids is 1. The number of hydrogen-bond donors (Lipinski definition) is 2. The summed E-state index contributed by atoms with van der Waals surface area (Å²) < 4.78 is 27.0. The second kappa shape index (κ2) is 5.30. The molecule has 1 amide bonds. The number of amides is 1. The third kappa shape index (κ3) is 2.67. The minimum absolute atomic E-state index is 0.119. The SMILES string of the molecule is C#CCN(C(=O)C1Nc2cc(C)ccc2S(=O)(=O)N1)C1CC1. The third-order valence-corrected chi connectivity index (χ3v) is 5.26. The predicted molar refractivity (Wildman–Crippen MR) is 82.5 cm³/mol. The van der Waals surface area contributed by atoms with Gasteiger partial charge in [0.05, 0.1) is 12.2 Å². The Morgan fingerprint density at radius 2 is 2.18 bits per heavy atom. The van der Waals surface area contributed by atoms with Crippen molar-refractivity contribution in [2.24, 2.45) is 0 Å². The van der Waals surface area contributed by atoms with Gasteiger partial charge in [0.1, 0.15) is 4.90 Å². The van der Waals surface area contributed by atoms with Gasteiger partial charge < -0.3 is 10.2 Å². The van der Waals surface area contributed by atoms with Crippen molar-refractivity contribution in [1.82, 2.24) is 9.62 Å². The lowest BCUT2D eigenvalue weighted by Gasteiger charge is -2.31. The van der Waals surface area contributed by atoms with Crippen molar-refractivity contribution >= 4 is 21.6 Å². The maximum atomic E-state index is 12.6. The quantitative estimate of drug-likeness (QED) is 0.802. The van der Waals surface area contributed by atoms with E-state index in [1.807, 2.05) is 6.92 Å². The molecule has 1 atom stereocenters. The minimum atomic E-state index is -3.72. The molecule has 7 heteroatoms. The van der Waals surface area contributed by atoms with E-state index >= 15 is 0 Å². The zero-order valence-electron chi connectivity index (χ0n) is 12.2. The van der Waals surface area contributed by atoms with E-state index in [1.165, 1.54) is 6.07 Å². The topological polar surface area (TPSA) is 78.5 Å². The van der Waals surface area contributed by atoms with Crippen molar-refractivity contribution in [2.75, 3.05) is 11.9 Å². The molecule has 1 aromatic rings. The first-order chi connectivity index (χ1) is 10.4. The predicted octanol–water partition coefficient (Wildman–Crippen LogP) is 0.649.